The molecule has 0 nitrogen and oxygen atoms in total. The van der Waals surface area contributed by atoms with Crippen LogP contribution in [0.2, 0.25) is 0 Å². The molecule has 0 aliphatic carbocycles. The molecule has 6 heteroatoms. The zero-order valence-electron chi connectivity index (χ0n) is 5.68. The molecule has 0 N–H and O–H groups in total. The minimum Gasteiger partial charge on any atom is -0.0949 e. The molecule has 0 fully saturated rings. The molecular weight excluding hydrogens is 285 g/mol. The number of rotatable bonds is 3. The Bertz CT molecular complexity index is 212. The Morgan fingerprint density at radius 2 is 1.50 bits per heavy atom. The maximum absolute atomic E-state index is 5.71. The molecule has 0 unspecified atom stereocenters. The first-order valence-corrected chi connectivity index (χ1v) is 4.96. The first kappa shape index (κ1) is 13.2. The fourth-order valence-electron chi connectivity index (χ4n) is 0.358. The Morgan fingerprint density at radius 1 is 1.08 bits per heavy atom. The summed E-state index contributed by atoms with van der Waals surface area (Å²) in [6, 6.07) is 0. The third-order valence-electron chi connectivity index (χ3n) is 0.979. The van der Waals surface area contributed by atoms with E-state index in [1.165, 1.54) is 0 Å². The van der Waals surface area contributed by atoms with Gasteiger partial charge in [0.15, 0.2) is 4.33 Å². The molecule has 0 rings (SSSR count). The highest BCUT2D eigenvalue weighted by molar-refractivity contribution is 6.60. The van der Waals surface area contributed by atoms with Gasteiger partial charge in [-0.1, -0.05) is 76.2 Å². The summed E-state index contributed by atoms with van der Waals surface area (Å²) in [6.45, 7) is 3.37. The molecule has 70 valence electrons. The molecule has 0 radical (unpaired) electrons. The van der Waals surface area contributed by atoms with Crippen molar-refractivity contribution in [2.75, 3.05) is 0 Å². The van der Waals surface area contributed by atoms with Gasteiger partial charge in [-0.25, -0.2) is 0 Å². The van der Waals surface area contributed by atoms with Gasteiger partial charge in [0.25, 0.3) is 0 Å². The van der Waals surface area contributed by atoms with Gasteiger partial charge in [0.05, 0.1) is 5.03 Å². The van der Waals surface area contributed by atoms with E-state index in [-0.39, 0.29) is 21.0 Å². The van der Waals surface area contributed by atoms with Crippen LogP contribution in [0.5, 0.6) is 0 Å². The van der Waals surface area contributed by atoms with E-state index in [4.69, 9.17) is 69.6 Å². The van der Waals surface area contributed by atoms with Crippen molar-refractivity contribution in [1.29, 1.82) is 0 Å². The van der Waals surface area contributed by atoms with E-state index < -0.39 is 4.33 Å². The summed E-state index contributed by atoms with van der Waals surface area (Å²) in [5.74, 6) is 0. The minimum absolute atomic E-state index is 0.0301. The number of halogens is 6. The summed E-state index contributed by atoms with van der Waals surface area (Å²) in [5, 5.41) is 0.212. The summed E-state index contributed by atoms with van der Waals surface area (Å²) in [6.07, 6.45) is 0.0301. The molecular formula is C6H4Cl6. The topological polar surface area (TPSA) is 0 Å². The monoisotopic (exact) mass is 286 g/mol. The second-order valence-electron chi connectivity index (χ2n) is 1.95. The van der Waals surface area contributed by atoms with Crippen LogP contribution in [0.4, 0.5) is 0 Å². The molecule has 0 saturated heterocycles. The lowest BCUT2D eigenvalue weighted by molar-refractivity contribution is 0.946. The number of hydrogen-bond donors (Lipinski definition) is 0. The number of hydrogen-bond acceptors (Lipinski definition) is 0. The highest BCUT2D eigenvalue weighted by atomic mass is 35.5. The van der Waals surface area contributed by atoms with Gasteiger partial charge in [0.2, 0.25) is 0 Å². The Labute approximate surface area is 101 Å². The van der Waals surface area contributed by atoms with Gasteiger partial charge in [0.1, 0.15) is 4.49 Å². The summed E-state index contributed by atoms with van der Waals surface area (Å²) in [7, 11) is 0. The van der Waals surface area contributed by atoms with E-state index in [1.807, 2.05) is 0 Å². The summed E-state index contributed by atoms with van der Waals surface area (Å²) < 4.78 is -1.42. The summed E-state index contributed by atoms with van der Waals surface area (Å²) in [4.78, 5) is 0. The van der Waals surface area contributed by atoms with E-state index in [0.717, 1.165) is 0 Å². The molecule has 0 saturated carbocycles. The Hall–Kier alpha value is 1.22. The van der Waals surface area contributed by atoms with Crippen LogP contribution in [0, 0.1) is 0 Å². The van der Waals surface area contributed by atoms with Crippen LogP contribution in [0.3, 0.4) is 0 Å². The highest BCUT2D eigenvalue weighted by Gasteiger charge is 2.28. The smallest absolute Gasteiger partial charge is 0.0949 e. The number of alkyl halides is 2. The van der Waals surface area contributed by atoms with Gasteiger partial charge >= 0.3 is 0 Å². The molecule has 0 aliphatic rings. The van der Waals surface area contributed by atoms with Gasteiger partial charge < -0.3 is 0 Å². The van der Waals surface area contributed by atoms with Crippen LogP contribution in [-0.2, 0) is 0 Å². The molecule has 0 heterocycles. The molecule has 0 atom stereocenters. The SMILES string of the molecule is C=C(Cl)C(Cl)(Cl)CC(Cl)=C(Cl)Cl. The molecule has 0 amide bonds. The van der Waals surface area contributed by atoms with E-state index in [0.29, 0.717) is 0 Å². The maximum atomic E-state index is 5.71. The van der Waals surface area contributed by atoms with Crippen molar-refractivity contribution in [1.82, 2.24) is 0 Å². The first-order valence-electron chi connectivity index (χ1n) is 2.69. The first-order chi connectivity index (χ1) is 5.27. The summed E-state index contributed by atoms with van der Waals surface area (Å²) >= 11 is 33.2. The Kier molecular flexibility index (Phi) is 5.72. The second kappa shape index (κ2) is 5.19. The van der Waals surface area contributed by atoms with Gasteiger partial charge in [-0.3, -0.25) is 0 Å². The molecule has 12 heavy (non-hydrogen) atoms. The molecule has 0 aliphatic heterocycles. The largest absolute Gasteiger partial charge is 0.157 e. The zero-order chi connectivity index (χ0) is 9.94. The maximum Gasteiger partial charge on any atom is 0.157 e. The standard InChI is InChI=1S/C6H4Cl6/c1-3(7)6(11,12)2-4(8)5(9)10/h1-2H2. The Morgan fingerprint density at radius 3 is 1.75 bits per heavy atom. The average molecular weight is 289 g/mol. The van der Waals surface area contributed by atoms with Crippen molar-refractivity contribution in [3.63, 3.8) is 0 Å². The van der Waals surface area contributed by atoms with Gasteiger partial charge in [-0.15, -0.1) is 0 Å². The van der Waals surface area contributed by atoms with Crippen LogP contribution in [0.1, 0.15) is 6.42 Å². The predicted octanol–water partition coefficient (Wildman–Crippen LogP) is 5.19. The van der Waals surface area contributed by atoms with E-state index in [2.05, 4.69) is 6.58 Å². The van der Waals surface area contributed by atoms with Crippen LogP contribution >= 0.6 is 69.6 Å². The van der Waals surface area contributed by atoms with Crippen LogP contribution in [0.25, 0.3) is 0 Å². The van der Waals surface area contributed by atoms with Crippen molar-refractivity contribution in [2.45, 2.75) is 10.8 Å². The minimum atomic E-state index is -1.34. The third kappa shape index (κ3) is 4.45. The lowest BCUT2D eigenvalue weighted by Crippen LogP contribution is -2.12. The lowest BCUT2D eigenvalue weighted by Gasteiger charge is -2.16. The highest BCUT2D eigenvalue weighted by Crippen LogP contribution is 2.40. The third-order valence-corrected chi connectivity index (χ3v) is 3.19. The van der Waals surface area contributed by atoms with Gasteiger partial charge in [-0.2, -0.15) is 0 Å². The van der Waals surface area contributed by atoms with Crippen LogP contribution < -0.4 is 0 Å². The summed E-state index contributed by atoms with van der Waals surface area (Å²) in [5.41, 5.74) is 0. The predicted molar refractivity (Wildman–Crippen MR) is 58.6 cm³/mol. The van der Waals surface area contributed by atoms with Crippen molar-refractivity contribution in [2.24, 2.45) is 0 Å². The molecule has 0 aromatic carbocycles. The lowest BCUT2D eigenvalue weighted by atomic mass is 10.3. The molecule has 0 spiro atoms. The van der Waals surface area contributed by atoms with Crippen molar-refractivity contribution in [3.05, 3.63) is 21.1 Å². The van der Waals surface area contributed by atoms with Crippen molar-refractivity contribution >= 4 is 69.6 Å². The molecule has 0 bridgehead atoms. The van der Waals surface area contributed by atoms with Gasteiger partial charge in [-0.05, 0) is 0 Å². The fourth-order valence-corrected chi connectivity index (χ4v) is 1.16. The van der Waals surface area contributed by atoms with Crippen LogP contribution in [0.15, 0.2) is 21.1 Å². The van der Waals surface area contributed by atoms with E-state index in [9.17, 15) is 0 Å². The van der Waals surface area contributed by atoms with Gasteiger partial charge in [0, 0.05) is 11.5 Å². The fraction of sp³-hybridized carbons (Fsp3) is 0.333. The normalized spacial score (nSPS) is 11.2. The van der Waals surface area contributed by atoms with E-state index >= 15 is 0 Å². The Balaban J connectivity index is 4.46. The average Bonchev–Trinajstić information content (AvgIpc) is 1.85. The number of allylic oxidation sites excluding steroid dienone is 2. The zero-order valence-corrected chi connectivity index (χ0v) is 10.2. The second-order valence-corrected chi connectivity index (χ2v) is 5.30. The van der Waals surface area contributed by atoms with Crippen molar-refractivity contribution in [3.8, 4) is 0 Å². The molecule has 0 aromatic heterocycles. The molecule has 0 aromatic rings. The quantitative estimate of drug-likeness (QED) is 0.627. The van der Waals surface area contributed by atoms with Crippen LogP contribution in [-0.4, -0.2) is 4.33 Å². The van der Waals surface area contributed by atoms with E-state index in [1.54, 1.807) is 0 Å². The van der Waals surface area contributed by atoms with Crippen molar-refractivity contribution < 1.29 is 0 Å².